The number of aryl methyl sites for hydroxylation is 1. The molecule has 1 aliphatic rings. The highest BCUT2D eigenvalue weighted by atomic mass is 32.2. The molecule has 0 fully saturated rings. The van der Waals surface area contributed by atoms with E-state index < -0.39 is 10.0 Å². The maximum absolute atomic E-state index is 12.8. The molecule has 1 aliphatic heterocycles. The molecule has 2 aromatic carbocycles. The lowest BCUT2D eigenvalue weighted by molar-refractivity contribution is -0.117. The highest BCUT2D eigenvalue weighted by Crippen LogP contribution is 2.36. The Morgan fingerprint density at radius 1 is 1.23 bits per heavy atom. The highest BCUT2D eigenvalue weighted by molar-refractivity contribution is 7.92. The third-order valence-electron chi connectivity index (χ3n) is 4.53. The van der Waals surface area contributed by atoms with Gasteiger partial charge in [0.05, 0.1) is 22.8 Å². The van der Waals surface area contributed by atoms with Crippen molar-refractivity contribution in [2.45, 2.75) is 38.7 Å². The van der Waals surface area contributed by atoms with E-state index in [9.17, 15) is 13.2 Å². The fourth-order valence-corrected chi connectivity index (χ4v) is 4.09. The van der Waals surface area contributed by atoms with Crippen LogP contribution in [-0.4, -0.2) is 27.0 Å². The van der Waals surface area contributed by atoms with Crippen LogP contribution in [0.4, 0.5) is 11.4 Å². The minimum atomic E-state index is -3.79. The van der Waals surface area contributed by atoms with E-state index in [1.807, 2.05) is 26.8 Å². The Morgan fingerprint density at radius 3 is 2.65 bits per heavy atom. The minimum Gasteiger partial charge on any atom is -0.487 e. The van der Waals surface area contributed by atoms with Gasteiger partial charge in [-0.05, 0) is 56.2 Å². The van der Waals surface area contributed by atoms with Crippen LogP contribution in [0, 0.1) is 13.8 Å². The number of hydrogen-bond donors (Lipinski definition) is 1. The molecule has 7 heteroatoms. The first-order chi connectivity index (χ1) is 12.2. The van der Waals surface area contributed by atoms with Crippen molar-refractivity contribution in [1.82, 2.24) is 0 Å². The number of carbonyl (C=O) groups is 1. The average molecular weight is 374 g/mol. The van der Waals surface area contributed by atoms with E-state index in [0.29, 0.717) is 23.7 Å². The van der Waals surface area contributed by atoms with Crippen molar-refractivity contribution in [3.8, 4) is 5.75 Å². The van der Waals surface area contributed by atoms with Crippen molar-refractivity contribution in [2.24, 2.45) is 0 Å². The van der Waals surface area contributed by atoms with E-state index in [2.05, 4.69) is 4.72 Å². The molecule has 1 atom stereocenters. The molecule has 0 spiro atoms. The van der Waals surface area contributed by atoms with Crippen LogP contribution < -0.4 is 14.4 Å². The number of benzene rings is 2. The molecule has 0 saturated heterocycles. The second-order valence-corrected chi connectivity index (χ2v) is 8.22. The summed E-state index contributed by atoms with van der Waals surface area (Å²) in [6.07, 6.45) is -0.151. The molecule has 0 radical (unpaired) electrons. The van der Waals surface area contributed by atoms with Crippen LogP contribution in [-0.2, 0) is 14.8 Å². The van der Waals surface area contributed by atoms with E-state index in [1.165, 1.54) is 19.1 Å². The van der Waals surface area contributed by atoms with Gasteiger partial charge in [0.2, 0.25) is 5.91 Å². The van der Waals surface area contributed by atoms with Crippen molar-refractivity contribution in [2.75, 3.05) is 16.2 Å². The molecule has 6 nitrogen and oxygen atoms in total. The van der Waals surface area contributed by atoms with Gasteiger partial charge in [0, 0.05) is 6.92 Å². The zero-order chi connectivity index (χ0) is 19.1. The van der Waals surface area contributed by atoms with Crippen LogP contribution in [0.3, 0.4) is 0 Å². The molecule has 0 bridgehead atoms. The summed E-state index contributed by atoms with van der Waals surface area (Å²) in [4.78, 5) is 13.6. The lowest BCUT2D eigenvalue weighted by atomic mass is 10.1. The number of hydrogen-bond acceptors (Lipinski definition) is 4. The van der Waals surface area contributed by atoms with Gasteiger partial charge < -0.3 is 9.64 Å². The van der Waals surface area contributed by atoms with Gasteiger partial charge in [0.15, 0.2) is 0 Å². The Hall–Kier alpha value is -2.54. The van der Waals surface area contributed by atoms with Crippen LogP contribution in [0.25, 0.3) is 0 Å². The summed E-state index contributed by atoms with van der Waals surface area (Å²) >= 11 is 0. The van der Waals surface area contributed by atoms with Crippen LogP contribution in [0.1, 0.15) is 25.0 Å². The number of nitrogens with zero attached hydrogens (tertiary/aromatic N) is 1. The summed E-state index contributed by atoms with van der Waals surface area (Å²) in [7, 11) is -3.79. The largest absolute Gasteiger partial charge is 0.487 e. The number of carbonyl (C=O) groups excluding carboxylic acids is 1. The summed E-state index contributed by atoms with van der Waals surface area (Å²) in [5.41, 5.74) is 2.88. The zero-order valence-corrected chi connectivity index (χ0v) is 16.1. The molecule has 0 aliphatic carbocycles. The van der Waals surface area contributed by atoms with Crippen LogP contribution in [0.5, 0.6) is 5.75 Å². The van der Waals surface area contributed by atoms with Crippen molar-refractivity contribution < 1.29 is 17.9 Å². The summed E-state index contributed by atoms with van der Waals surface area (Å²) in [6.45, 7) is 7.50. The van der Waals surface area contributed by atoms with Gasteiger partial charge in [-0.15, -0.1) is 0 Å². The Bertz CT molecular complexity index is 969. The van der Waals surface area contributed by atoms with Gasteiger partial charge in [-0.25, -0.2) is 8.42 Å². The van der Waals surface area contributed by atoms with Crippen LogP contribution >= 0.6 is 0 Å². The number of amides is 1. The molecule has 26 heavy (non-hydrogen) atoms. The molecule has 138 valence electrons. The maximum Gasteiger partial charge on any atom is 0.261 e. The third kappa shape index (κ3) is 3.39. The van der Waals surface area contributed by atoms with E-state index >= 15 is 0 Å². The predicted molar refractivity (Wildman–Crippen MR) is 101 cm³/mol. The number of anilines is 2. The van der Waals surface area contributed by atoms with Crippen molar-refractivity contribution in [3.63, 3.8) is 0 Å². The van der Waals surface area contributed by atoms with Gasteiger partial charge in [0.25, 0.3) is 10.0 Å². The Kier molecular flexibility index (Phi) is 4.66. The van der Waals surface area contributed by atoms with Gasteiger partial charge in [-0.2, -0.15) is 0 Å². The highest BCUT2D eigenvalue weighted by Gasteiger charge is 2.28. The summed E-state index contributed by atoms with van der Waals surface area (Å²) in [5, 5.41) is 0. The number of sulfonamides is 1. The first-order valence-corrected chi connectivity index (χ1v) is 9.85. The topological polar surface area (TPSA) is 75.7 Å². The molecule has 1 N–H and O–H groups in total. The van der Waals surface area contributed by atoms with Crippen molar-refractivity contribution in [1.29, 1.82) is 0 Å². The van der Waals surface area contributed by atoms with Crippen LogP contribution in [0.2, 0.25) is 0 Å². The zero-order valence-electron chi connectivity index (χ0n) is 15.2. The third-order valence-corrected chi connectivity index (χ3v) is 5.89. The molecular weight excluding hydrogens is 352 g/mol. The molecule has 1 amide bonds. The molecule has 3 rings (SSSR count). The van der Waals surface area contributed by atoms with Gasteiger partial charge in [-0.1, -0.05) is 12.1 Å². The van der Waals surface area contributed by atoms with Crippen LogP contribution in [0.15, 0.2) is 41.3 Å². The molecule has 1 unspecified atom stereocenters. The number of rotatable bonds is 3. The summed E-state index contributed by atoms with van der Waals surface area (Å²) < 4.78 is 34.0. The lowest BCUT2D eigenvalue weighted by Gasteiger charge is -2.33. The molecule has 1 heterocycles. The first-order valence-electron chi connectivity index (χ1n) is 8.37. The first kappa shape index (κ1) is 18.3. The van der Waals surface area contributed by atoms with E-state index in [4.69, 9.17) is 4.74 Å². The fraction of sp³-hybridized carbons (Fsp3) is 0.316. The lowest BCUT2D eigenvalue weighted by Crippen LogP contribution is -2.41. The Morgan fingerprint density at radius 2 is 1.96 bits per heavy atom. The molecule has 0 saturated carbocycles. The Labute approximate surface area is 153 Å². The van der Waals surface area contributed by atoms with Gasteiger partial charge in [-0.3, -0.25) is 9.52 Å². The molecule has 2 aromatic rings. The normalized spacial score (nSPS) is 16.6. The quantitative estimate of drug-likeness (QED) is 0.895. The van der Waals surface area contributed by atoms with Gasteiger partial charge >= 0.3 is 0 Å². The fourth-order valence-electron chi connectivity index (χ4n) is 2.95. The van der Waals surface area contributed by atoms with E-state index in [1.54, 1.807) is 23.1 Å². The van der Waals surface area contributed by atoms with E-state index in [0.717, 1.165) is 11.1 Å². The standard InChI is InChI=1S/C19H22N2O4S/c1-12-6-5-7-17(14(12)3)20-26(23,24)16-8-9-19-18(10-16)21(15(4)22)11-13(2)25-19/h5-10,13,20H,11H2,1-4H3. The van der Waals surface area contributed by atoms with Crippen molar-refractivity contribution in [3.05, 3.63) is 47.5 Å². The number of ether oxygens (including phenoxy) is 1. The second kappa shape index (κ2) is 6.64. The van der Waals surface area contributed by atoms with E-state index in [-0.39, 0.29) is 16.9 Å². The summed E-state index contributed by atoms with van der Waals surface area (Å²) in [6, 6.07) is 10.0. The second-order valence-electron chi connectivity index (χ2n) is 6.54. The van der Waals surface area contributed by atoms with Crippen molar-refractivity contribution >= 4 is 27.3 Å². The summed E-state index contributed by atoms with van der Waals surface area (Å²) in [5.74, 6) is 0.350. The molecule has 0 aromatic heterocycles. The minimum absolute atomic E-state index is 0.0848. The number of fused-ring (bicyclic) bond motifs is 1. The maximum atomic E-state index is 12.8. The monoisotopic (exact) mass is 374 g/mol. The predicted octanol–water partition coefficient (Wildman–Crippen LogP) is 3.24. The number of nitrogens with one attached hydrogen (secondary N) is 1. The van der Waals surface area contributed by atoms with Gasteiger partial charge in [0.1, 0.15) is 11.9 Å². The molecular formula is C19H22N2O4S. The SMILES string of the molecule is CC(=O)N1CC(C)Oc2ccc(S(=O)(=O)Nc3cccc(C)c3C)cc21. The average Bonchev–Trinajstić information content (AvgIpc) is 2.57. The smallest absolute Gasteiger partial charge is 0.261 e. The Balaban J connectivity index is 2.00.